The van der Waals surface area contributed by atoms with Crippen LogP contribution in [0.5, 0.6) is 5.75 Å². The first-order chi connectivity index (χ1) is 15.5. The highest BCUT2D eigenvalue weighted by atomic mass is 32.1. The minimum Gasteiger partial charge on any atom is -0.494 e. The molecule has 1 amide bonds. The smallest absolute Gasteiger partial charge is 0.341 e. The Morgan fingerprint density at radius 1 is 1.03 bits per heavy atom. The molecule has 1 heterocycles. The van der Waals surface area contributed by atoms with E-state index in [9.17, 15) is 9.59 Å². The lowest BCUT2D eigenvalue weighted by molar-refractivity contribution is -0.111. The van der Waals surface area contributed by atoms with Gasteiger partial charge in [-0.15, -0.1) is 11.3 Å². The van der Waals surface area contributed by atoms with Gasteiger partial charge in [-0.2, -0.15) is 0 Å². The number of hydrogen-bond donors (Lipinski definition) is 1. The van der Waals surface area contributed by atoms with Crippen LogP contribution in [0, 0.1) is 6.92 Å². The zero-order valence-corrected chi connectivity index (χ0v) is 19.3. The van der Waals surface area contributed by atoms with E-state index < -0.39 is 5.97 Å². The first-order valence-corrected chi connectivity index (χ1v) is 11.5. The van der Waals surface area contributed by atoms with Crippen molar-refractivity contribution >= 4 is 34.3 Å². The van der Waals surface area contributed by atoms with Crippen molar-refractivity contribution in [3.63, 3.8) is 0 Å². The topological polar surface area (TPSA) is 64.6 Å². The average molecular weight is 450 g/mol. The van der Waals surface area contributed by atoms with Crippen LogP contribution >= 0.6 is 11.3 Å². The molecular weight excluding hydrogens is 422 g/mol. The van der Waals surface area contributed by atoms with Crippen molar-refractivity contribution in [3.05, 3.63) is 76.7 Å². The number of nitrogens with one attached hydrogen (secondary N) is 1. The summed E-state index contributed by atoms with van der Waals surface area (Å²) in [5.41, 5.74) is 4.03. The standard InChI is InChI=1S/C26H27NO4S/c1-4-16-31-21-13-8-19(9-14-21)10-15-23(28)27-25-24(26(29)30-5-2)22(17-32-25)20-11-6-18(3)7-12-20/h6-15,17H,4-5,16H2,1-3H3,(H,27,28). The van der Waals surface area contributed by atoms with Crippen LogP contribution in [-0.4, -0.2) is 25.1 Å². The third kappa shape index (κ3) is 6.08. The van der Waals surface area contributed by atoms with E-state index in [1.54, 1.807) is 13.0 Å². The maximum absolute atomic E-state index is 12.7. The van der Waals surface area contributed by atoms with Gasteiger partial charge in [0.25, 0.3) is 0 Å². The summed E-state index contributed by atoms with van der Waals surface area (Å²) >= 11 is 1.31. The Morgan fingerprint density at radius 2 is 1.75 bits per heavy atom. The molecule has 0 bridgehead atoms. The molecule has 0 aliphatic carbocycles. The van der Waals surface area contributed by atoms with Crippen molar-refractivity contribution in [2.45, 2.75) is 27.2 Å². The maximum atomic E-state index is 12.7. The summed E-state index contributed by atoms with van der Waals surface area (Å²) in [7, 11) is 0. The SMILES string of the molecule is CCCOc1ccc(C=CC(=O)Nc2scc(-c3ccc(C)cc3)c2C(=O)OCC)cc1. The highest BCUT2D eigenvalue weighted by Gasteiger charge is 2.22. The van der Waals surface area contributed by atoms with Crippen LogP contribution in [0.3, 0.4) is 0 Å². The van der Waals surface area contributed by atoms with Crippen molar-refractivity contribution in [2.75, 3.05) is 18.5 Å². The molecule has 1 aromatic heterocycles. The molecule has 0 radical (unpaired) electrons. The molecule has 0 atom stereocenters. The average Bonchev–Trinajstić information content (AvgIpc) is 3.21. The Balaban J connectivity index is 1.77. The predicted octanol–water partition coefficient (Wildman–Crippen LogP) is 6.34. The molecule has 32 heavy (non-hydrogen) atoms. The second kappa shape index (κ2) is 11.3. The minimum atomic E-state index is -0.453. The van der Waals surface area contributed by atoms with Crippen molar-refractivity contribution < 1.29 is 19.1 Å². The quantitative estimate of drug-likeness (QED) is 0.306. The molecule has 0 unspecified atom stereocenters. The third-order valence-electron chi connectivity index (χ3n) is 4.65. The molecule has 0 fully saturated rings. The van der Waals surface area contributed by atoms with Crippen molar-refractivity contribution in [1.82, 2.24) is 0 Å². The minimum absolute atomic E-state index is 0.257. The van der Waals surface area contributed by atoms with Crippen LogP contribution in [0.4, 0.5) is 5.00 Å². The zero-order valence-electron chi connectivity index (χ0n) is 18.5. The van der Waals surface area contributed by atoms with E-state index >= 15 is 0 Å². The molecule has 0 aliphatic rings. The summed E-state index contributed by atoms with van der Waals surface area (Å²) in [4.78, 5) is 25.2. The fourth-order valence-electron chi connectivity index (χ4n) is 3.02. The van der Waals surface area contributed by atoms with Gasteiger partial charge in [0.05, 0.1) is 13.2 Å². The van der Waals surface area contributed by atoms with Gasteiger partial charge in [0.2, 0.25) is 5.91 Å². The molecule has 2 aromatic carbocycles. The van der Waals surface area contributed by atoms with E-state index in [0.717, 1.165) is 34.4 Å². The number of carbonyl (C=O) groups is 2. The van der Waals surface area contributed by atoms with E-state index in [2.05, 4.69) is 12.2 Å². The first kappa shape index (κ1) is 23.3. The van der Waals surface area contributed by atoms with E-state index in [0.29, 0.717) is 17.2 Å². The number of esters is 1. The van der Waals surface area contributed by atoms with E-state index in [4.69, 9.17) is 9.47 Å². The van der Waals surface area contributed by atoms with Crippen molar-refractivity contribution in [2.24, 2.45) is 0 Å². The molecule has 6 heteroatoms. The number of carbonyl (C=O) groups excluding carboxylic acids is 2. The van der Waals surface area contributed by atoms with Gasteiger partial charge >= 0.3 is 5.97 Å². The van der Waals surface area contributed by atoms with Gasteiger partial charge < -0.3 is 14.8 Å². The monoisotopic (exact) mass is 449 g/mol. The Labute approximate surface area is 192 Å². The van der Waals surface area contributed by atoms with Gasteiger partial charge in [-0.25, -0.2) is 4.79 Å². The summed E-state index contributed by atoms with van der Waals surface area (Å²) in [5, 5.41) is 5.16. The van der Waals surface area contributed by atoms with Gasteiger partial charge in [-0.05, 0) is 49.6 Å². The first-order valence-electron chi connectivity index (χ1n) is 10.6. The lowest BCUT2D eigenvalue weighted by Crippen LogP contribution is -2.12. The van der Waals surface area contributed by atoms with E-state index in [1.165, 1.54) is 17.4 Å². The van der Waals surface area contributed by atoms with Crippen LogP contribution in [-0.2, 0) is 9.53 Å². The molecule has 3 rings (SSSR count). The fourth-order valence-corrected chi connectivity index (χ4v) is 3.98. The Bertz CT molecular complexity index is 1080. The van der Waals surface area contributed by atoms with Gasteiger partial charge in [0.15, 0.2) is 0 Å². The van der Waals surface area contributed by atoms with Crippen LogP contribution < -0.4 is 10.1 Å². The van der Waals surface area contributed by atoms with Gasteiger partial charge in [-0.3, -0.25) is 4.79 Å². The molecule has 1 N–H and O–H groups in total. The van der Waals surface area contributed by atoms with E-state index in [1.807, 2.05) is 60.8 Å². The number of amides is 1. The van der Waals surface area contributed by atoms with Gasteiger partial charge in [-0.1, -0.05) is 48.9 Å². The summed E-state index contributed by atoms with van der Waals surface area (Å²) in [6.07, 6.45) is 4.11. The molecule has 5 nitrogen and oxygen atoms in total. The van der Waals surface area contributed by atoms with Crippen LogP contribution in [0.25, 0.3) is 17.2 Å². The fraction of sp³-hybridized carbons (Fsp3) is 0.231. The number of hydrogen-bond acceptors (Lipinski definition) is 5. The number of rotatable bonds is 9. The lowest BCUT2D eigenvalue weighted by Gasteiger charge is -2.08. The molecule has 3 aromatic rings. The highest BCUT2D eigenvalue weighted by molar-refractivity contribution is 7.15. The van der Waals surface area contributed by atoms with Gasteiger partial charge in [0, 0.05) is 17.0 Å². The van der Waals surface area contributed by atoms with Gasteiger partial charge in [0.1, 0.15) is 16.3 Å². The van der Waals surface area contributed by atoms with Crippen molar-refractivity contribution in [3.8, 4) is 16.9 Å². The maximum Gasteiger partial charge on any atom is 0.341 e. The van der Waals surface area contributed by atoms with E-state index in [-0.39, 0.29) is 12.5 Å². The summed E-state index contributed by atoms with van der Waals surface area (Å²) < 4.78 is 10.8. The number of aryl methyl sites for hydroxylation is 1. The highest BCUT2D eigenvalue weighted by Crippen LogP contribution is 2.36. The van der Waals surface area contributed by atoms with Crippen LogP contribution in [0.1, 0.15) is 41.8 Å². The number of ether oxygens (including phenoxy) is 2. The third-order valence-corrected chi connectivity index (χ3v) is 5.55. The number of thiophene rings is 1. The molecule has 0 saturated carbocycles. The lowest BCUT2D eigenvalue weighted by atomic mass is 10.0. The van der Waals surface area contributed by atoms with Crippen LogP contribution in [0.15, 0.2) is 60.0 Å². The second-order valence-electron chi connectivity index (χ2n) is 7.18. The van der Waals surface area contributed by atoms with Crippen LogP contribution in [0.2, 0.25) is 0 Å². The molecule has 0 saturated heterocycles. The Kier molecular flexibility index (Phi) is 8.22. The summed E-state index contributed by atoms with van der Waals surface area (Å²) in [6.45, 7) is 6.75. The normalized spacial score (nSPS) is 10.8. The largest absolute Gasteiger partial charge is 0.494 e. The Hall–Kier alpha value is -3.38. The summed E-state index contributed by atoms with van der Waals surface area (Å²) in [5.74, 6) is 0.0280. The molecule has 166 valence electrons. The number of anilines is 1. The predicted molar refractivity (Wildman–Crippen MR) is 130 cm³/mol. The summed E-state index contributed by atoms with van der Waals surface area (Å²) in [6, 6.07) is 15.4. The van der Waals surface area contributed by atoms with Crippen molar-refractivity contribution in [1.29, 1.82) is 0 Å². The second-order valence-corrected chi connectivity index (χ2v) is 8.06. The molecule has 0 spiro atoms. The Morgan fingerprint density at radius 3 is 2.41 bits per heavy atom. The number of benzene rings is 2. The molecular formula is C26H27NO4S. The zero-order chi connectivity index (χ0) is 22.9. The molecule has 0 aliphatic heterocycles.